The van der Waals surface area contributed by atoms with Crippen molar-refractivity contribution in [3.05, 3.63) is 89.1 Å². The van der Waals surface area contributed by atoms with Crippen molar-refractivity contribution >= 4 is 17.2 Å². The van der Waals surface area contributed by atoms with Gasteiger partial charge in [0.25, 0.3) is 0 Å². The third kappa shape index (κ3) is 2.68. The monoisotopic (exact) mass is 315 g/mol. The van der Waals surface area contributed by atoms with E-state index in [1.54, 1.807) is 6.20 Å². The molecule has 0 saturated heterocycles. The fraction of sp³-hybridized carbons (Fsp3) is 0.100. The van der Waals surface area contributed by atoms with Crippen LogP contribution in [0.1, 0.15) is 22.3 Å². The van der Waals surface area contributed by atoms with E-state index in [2.05, 4.69) is 29.2 Å². The summed E-state index contributed by atoms with van der Waals surface area (Å²) in [6, 6.07) is 20.3. The van der Waals surface area contributed by atoms with Crippen LogP contribution >= 0.6 is 0 Å². The first-order valence-corrected chi connectivity index (χ1v) is 7.86. The van der Waals surface area contributed by atoms with Gasteiger partial charge in [-0.05, 0) is 0 Å². The van der Waals surface area contributed by atoms with Crippen LogP contribution in [0, 0.1) is 0 Å². The third-order valence-corrected chi connectivity index (χ3v) is 4.13. The molecule has 2 N–H and O–H groups in total. The largest absolute Gasteiger partial charge is 0.383 e. The number of hydrogen-bond acceptors (Lipinski definition) is 4. The van der Waals surface area contributed by atoms with Gasteiger partial charge in [-0.1, -0.05) is 60.7 Å². The van der Waals surface area contributed by atoms with Crippen LogP contribution in [0.5, 0.6) is 0 Å². The van der Waals surface area contributed by atoms with Crippen LogP contribution in [0.15, 0.2) is 71.9 Å². The van der Waals surface area contributed by atoms with Gasteiger partial charge in [-0.3, -0.25) is 0 Å². The molecule has 0 spiro atoms. The average molecular weight is 315 g/mol. The molecule has 0 saturated carbocycles. The number of benzene rings is 2. The minimum atomic E-state index is 0.504. The summed E-state index contributed by atoms with van der Waals surface area (Å²) in [6.45, 7) is 1.03. The number of rotatable bonds is 3. The topological polar surface area (TPSA) is 60.5 Å². The maximum atomic E-state index is 5.95. The Balaban J connectivity index is 1.89. The first kappa shape index (κ1) is 14.6. The van der Waals surface area contributed by atoms with E-state index in [0.717, 1.165) is 33.7 Å². The zero-order chi connectivity index (χ0) is 16.4. The molecule has 2 heterocycles. The van der Waals surface area contributed by atoms with Gasteiger partial charge in [0.05, 0.1) is 30.8 Å². The quantitative estimate of drug-likeness (QED) is 0.747. The molecular weight excluding hydrogens is 298 g/mol. The predicted octanol–water partition coefficient (Wildman–Crippen LogP) is 3.86. The van der Waals surface area contributed by atoms with Crippen molar-refractivity contribution < 1.29 is 4.74 Å². The van der Waals surface area contributed by atoms with Crippen molar-refractivity contribution in [3.63, 3.8) is 0 Å². The summed E-state index contributed by atoms with van der Waals surface area (Å²) in [5.41, 5.74) is 11.8. The molecule has 0 aliphatic carbocycles. The number of aromatic nitrogens is 1. The maximum absolute atomic E-state index is 5.95. The molecule has 1 aliphatic rings. The van der Waals surface area contributed by atoms with Gasteiger partial charge in [0.15, 0.2) is 0 Å². The molecule has 0 atom stereocenters. The molecule has 4 nitrogen and oxygen atoms in total. The summed E-state index contributed by atoms with van der Waals surface area (Å²) in [5, 5.41) is 0. The van der Waals surface area contributed by atoms with Gasteiger partial charge in [0.1, 0.15) is 5.82 Å². The lowest BCUT2D eigenvalue weighted by Gasteiger charge is -2.10. The SMILES string of the molecule is Nc1ncc(N=C(c2ccccc2)c2ccccc2)c2c1COC2. The van der Waals surface area contributed by atoms with Crippen LogP contribution in [0.2, 0.25) is 0 Å². The molecule has 118 valence electrons. The van der Waals surface area contributed by atoms with E-state index in [0.29, 0.717) is 19.0 Å². The van der Waals surface area contributed by atoms with Crippen LogP contribution in [-0.4, -0.2) is 10.7 Å². The number of anilines is 1. The Labute approximate surface area is 140 Å². The number of nitrogen functional groups attached to an aromatic ring is 1. The normalized spacial score (nSPS) is 12.7. The number of pyridine rings is 1. The molecule has 0 amide bonds. The van der Waals surface area contributed by atoms with E-state index in [-0.39, 0.29) is 0 Å². The fourth-order valence-corrected chi connectivity index (χ4v) is 2.88. The third-order valence-electron chi connectivity index (χ3n) is 4.13. The highest BCUT2D eigenvalue weighted by Gasteiger charge is 2.19. The molecular formula is C20H17N3O. The zero-order valence-corrected chi connectivity index (χ0v) is 13.1. The van der Waals surface area contributed by atoms with Crippen LogP contribution in [0.4, 0.5) is 11.5 Å². The van der Waals surface area contributed by atoms with Gasteiger partial charge in [-0.2, -0.15) is 0 Å². The van der Waals surface area contributed by atoms with Crippen molar-refractivity contribution in [2.75, 3.05) is 5.73 Å². The lowest BCUT2D eigenvalue weighted by Crippen LogP contribution is -2.04. The van der Waals surface area contributed by atoms with Crippen molar-refractivity contribution in [1.29, 1.82) is 0 Å². The minimum Gasteiger partial charge on any atom is -0.383 e. The van der Waals surface area contributed by atoms with Crippen molar-refractivity contribution in [2.45, 2.75) is 13.2 Å². The Kier molecular flexibility index (Phi) is 3.81. The second-order valence-electron chi connectivity index (χ2n) is 5.67. The molecule has 24 heavy (non-hydrogen) atoms. The van der Waals surface area contributed by atoms with E-state index < -0.39 is 0 Å². The first-order chi connectivity index (χ1) is 11.8. The van der Waals surface area contributed by atoms with Gasteiger partial charge in [-0.15, -0.1) is 0 Å². The van der Waals surface area contributed by atoms with Gasteiger partial charge in [0.2, 0.25) is 0 Å². The number of fused-ring (bicyclic) bond motifs is 1. The Bertz CT molecular complexity index is 848. The summed E-state index contributed by atoms with van der Waals surface area (Å²) in [6.07, 6.45) is 1.73. The van der Waals surface area contributed by atoms with E-state index in [1.165, 1.54) is 0 Å². The smallest absolute Gasteiger partial charge is 0.129 e. The molecule has 1 aromatic heterocycles. The number of nitrogens with zero attached hydrogens (tertiary/aromatic N) is 2. The number of aliphatic imine (C=N–C) groups is 1. The maximum Gasteiger partial charge on any atom is 0.129 e. The van der Waals surface area contributed by atoms with E-state index >= 15 is 0 Å². The Morgan fingerprint density at radius 2 is 1.46 bits per heavy atom. The molecule has 2 aromatic carbocycles. The molecule has 0 radical (unpaired) electrons. The molecule has 0 bridgehead atoms. The Morgan fingerprint density at radius 1 is 0.875 bits per heavy atom. The molecule has 1 aliphatic heterocycles. The molecule has 0 unspecified atom stereocenters. The lowest BCUT2D eigenvalue weighted by atomic mass is 10.0. The first-order valence-electron chi connectivity index (χ1n) is 7.86. The van der Waals surface area contributed by atoms with Gasteiger partial charge in [0, 0.05) is 22.3 Å². The summed E-state index contributed by atoms with van der Waals surface area (Å²) < 4.78 is 5.54. The highest BCUT2D eigenvalue weighted by Crippen LogP contribution is 2.32. The molecule has 3 aromatic rings. The predicted molar refractivity (Wildman–Crippen MR) is 95.3 cm³/mol. The highest BCUT2D eigenvalue weighted by atomic mass is 16.5. The lowest BCUT2D eigenvalue weighted by molar-refractivity contribution is 0.135. The van der Waals surface area contributed by atoms with Crippen LogP contribution in [-0.2, 0) is 18.0 Å². The average Bonchev–Trinajstić information content (AvgIpc) is 3.14. The second kappa shape index (κ2) is 6.26. The molecule has 4 rings (SSSR count). The van der Waals surface area contributed by atoms with E-state index in [1.807, 2.05) is 36.4 Å². The Morgan fingerprint density at radius 3 is 2.08 bits per heavy atom. The van der Waals surface area contributed by atoms with Crippen LogP contribution in [0.25, 0.3) is 0 Å². The zero-order valence-electron chi connectivity index (χ0n) is 13.1. The summed E-state index contributed by atoms with van der Waals surface area (Å²) in [4.78, 5) is 9.21. The van der Waals surface area contributed by atoms with Gasteiger partial charge < -0.3 is 10.5 Å². The number of nitrogens with two attached hydrogens (primary N) is 1. The summed E-state index contributed by atoms with van der Waals surface area (Å²) in [5.74, 6) is 0.530. The standard InChI is InChI=1S/C20H17N3O/c21-20-17-13-24-12-16(17)18(11-22-20)23-19(14-7-3-1-4-8-14)15-9-5-2-6-10-15/h1-11H,12-13H2,(H2,21,22). The number of hydrogen-bond donors (Lipinski definition) is 1. The van der Waals surface area contributed by atoms with Crippen molar-refractivity contribution in [2.24, 2.45) is 4.99 Å². The van der Waals surface area contributed by atoms with E-state index in [4.69, 9.17) is 15.5 Å². The number of ether oxygens (including phenoxy) is 1. The Hall–Kier alpha value is -2.98. The summed E-state index contributed by atoms with van der Waals surface area (Å²) in [7, 11) is 0. The fourth-order valence-electron chi connectivity index (χ4n) is 2.88. The van der Waals surface area contributed by atoms with Crippen molar-refractivity contribution in [1.82, 2.24) is 4.98 Å². The van der Waals surface area contributed by atoms with Crippen molar-refractivity contribution in [3.8, 4) is 0 Å². The van der Waals surface area contributed by atoms with Gasteiger partial charge in [-0.25, -0.2) is 9.98 Å². The molecule has 0 fully saturated rings. The molecule has 4 heteroatoms. The van der Waals surface area contributed by atoms with Gasteiger partial charge >= 0.3 is 0 Å². The minimum absolute atomic E-state index is 0.504. The highest BCUT2D eigenvalue weighted by molar-refractivity contribution is 6.14. The van der Waals surface area contributed by atoms with Crippen LogP contribution < -0.4 is 5.73 Å². The second-order valence-corrected chi connectivity index (χ2v) is 5.67. The van der Waals surface area contributed by atoms with Crippen LogP contribution in [0.3, 0.4) is 0 Å². The summed E-state index contributed by atoms with van der Waals surface area (Å²) >= 11 is 0. The van der Waals surface area contributed by atoms with E-state index in [9.17, 15) is 0 Å².